The molecule has 0 radical (unpaired) electrons. The Kier molecular flexibility index (Phi) is 4.46. The van der Waals surface area contributed by atoms with Gasteiger partial charge in [0.05, 0.1) is 0 Å². The van der Waals surface area contributed by atoms with Crippen LogP contribution in [0.4, 0.5) is 0 Å². The van der Waals surface area contributed by atoms with Gasteiger partial charge in [-0.05, 0) is 79.4 Å². The maximum atomic E-state index is 11.1. The lowest BCUT2D eigenvalue weighted by atomic mass is 9.49. The molecule has 0 aromatic carbocycles. The molecule has 4 saturated carbocycles. The molecule has 5 rings (SSSR count). The topological polar surface area (TPSA) is 66.3 Å². The predicted molar refractivity (Wildman–Crippen MR) is 96.7 cm³/mol. The zero-order valence-electron chi connectivity index (χ0n) is 15.0. The highest BCUT2D eigenvalue weighted by atomic mass is 16.5. The largest absolute Gasteiger partial charge is 0.351 e. The SMILES string of the molecule is Cn1cc(CNCC23CC4CC(CC(C4)C2)C3)cc1/C=C/C(=O)NO. The number of nitrogens with one attached hydrogen (secondary N) is 2. The van der Waals surface area contributed by atoms with Crippen LogP contribution in [0.2, 0.25) is 0 Å². The third-order valence-corrected chi connectivity index (χ3v) is 6.61. The van der Waals surface area contributed by atoms with Gasteiger partial charge in [-0.1, -0.05) is 0 Å². The molecule has 4 aliphatic carbocycles. The van der Waals surface area contributed by atoms with E-state index in [1.807, 2.05) is 11.6 Å². The Morgan fingerprint density at radius 3 is 2.52 bits per heavy atom. The summed E-state index contributed by atoms with van der Waals surface area (Å²) in [4.78, 5) is 11.1. The van der Waals surface area contributed by atoms with Crippen molar-refractivity contribution in [2.75, 3.05) is 6.54 Å². The van der Waals surface area contributed by atoms with Gasteiger partial charge in [0.1, 0.15) is 0 Å². The van der Waals surface area contributed by atoms with Gasteiger partial charge in [-0.2, -0.15) is 0 Å². The van der Waals surface area contributed by atoms with Crippen LogP contribution in [0.15, 0.2) is 18.3 Å². The Bertz CT molecular complexity index is 641. The molecule has 0 spiro atoms. The van der Waals surface area contributed by atoms with Crippen LogP contribution in [-0.4, -0.2) is 22.2 Å². The molecule has 3 N–H and O–H groups in total. The van der Waals surface area contributed by atoms with Gasteiger partial charge in [-0.3, -0.25) is 10.0 Å². The van der Waals surface area contributed by atoms with Crippen LogP contribution >= 0.6 is 0 Å². The first-order valence-corrected chi connectivity index (χ1v) is 9.53. The average Bonchev–Trinajstić information content (AvgIpc) is 2.91. The molecule has 25 heavy (non-hydrogen) atoms. The summed E-state index contributed by atoms with van der Waals surface area (Å²) in [5.74, 6) is 2.49. The molecule has 4 fully saturated rings. The quantitative estimate of drug-likeness (QED) is 0.423. The number of rotatable bonds is 6. The van der Waals surface area contributed by atoms with E-state index in [4.69, 9.17) is 5.21 Å². The molecule has 0 saturated heterocycles. The maximum absolute atomic E-state index is 11.1. The van der Waals surface area contributed by atoms with Crippen molar-refractivity contribution < 1.29 is 10.0 Å². The van der Waals surface area contributed by atoms with Crippen molar-refractivity contribution in [3.8, 4) is 0 Å². The van der Waals surface area contributed by atoms with Crippen molar-refractivity contribution >= 4 is 12.0 Å². The molecular weight excluding hydrogens is 314 g/mol. The molecule has 136 valence electrons. The fraction of sp³-hybridized carbons (Fsp3) is 0.650. The average molecular weight is 343 g/mol. The number of hydroxylamine groups is 1. The summed E-state index contributed by atoms with van der Waals surface area (Å²) in [5, 5.41) is 12.3. The highest BCUT2D eigenvalue weighted by Gasteiger charge is 2.50. The predicted octanol–water partition coefficient (Wildman–Crippen LogP) is 2.85. The number of carbonyl (C=O) groups is 1. The van der Waals surface area contributed by atoms with E-state index in [0.29, 0.717) is 5.41 Å². The van der Waals surface area contributed by atoms with Crippen LogP contribution in [0, 0.1) is 23.2 Å². The second-order valence-corrected chi connectivity index (χ2v) is 8.71. The number of aryl methyl sites for hydroxylation is 1. The van der Waals surface area contributed by atoms with Gasteiger partial charge in [0, 0.05) is 38.1 Å². The molecule has 0 atom stereocenters. The van der Waals surface area contributed by atoms with E-state index in [1.54, 1.807) is 11.6 Å². The lowest BCUT2D eigenvalue weighted by Crippen LogP contribution is -2.50. The van der Waals surface area contributed by atoms with Gasteiger partial charge in [-0.25, -0.2) is 5.48 Å². The lowest BCUT2D eigenvalue weighted by molar-refractivity contribution is -0.124. The van der Waals surface area contributed by atoms with Crippen LogP contribution in [0.5, 0.6) is 0 Å². The van der Waals surface area contributed by atoms with Crippen LogP contribution in [0.3, 0.4) is 0 Å². The normalized spacial score (nSPS) is 33.3. The monoisotopic (exact) mass is 343 g/mol. The van der Waals surface area contributed by atoms with Crippen molar-refractivity contribution in [3.63, 3.8) is 0 Å². The van der Waals surface area contributed by atoms with E-state index in [1.165, 1.54) is 50.2 Å². The molecule has 1 amide bonds. The summed E-state index contributed by atoms with van der Waals surface area (Å²) in [6, 6.07) is 2.09. The minimum atomic E-state index is -0.511. The summed E-state index contributed by atoms with van der Waals surface area (Å²) in [6.45, 7) is 2.01. The van der Waals surface area contributed by atoms with Gasteiger partial charge < -0.3 is 9.88 Å². The Morgan fingerprint density at radius 1 is 1.28 bits per heavy atom. The Hall–Kier alpha value is -1.59. The van der Waals surface area contributed by atoms with Crippen molar-refractivity contribution in [1.29, 1.82) is 0 Å². The second kappa shape index (κ2) is 6.61. The van der Waals surface area contributed by atoms with Gasteiger partial charge in [0.2, 0.25) is 0 Å². The third kappa shape index (κ3) is 3.53. The molecule has 5 heteroatoms. The number of nitrogens with zero attached hydrogens (tertiary/aromatic N) is 1. The lowest BCUT2D eigenvalue weighted by Gasteiger charge is -2.57. The second-order valence-electron chi connectivity index (χ2n) is 8.71. The van der Waals surface area contributed by atoms with Gasteiger partial charge in [0.25, 0.3) is 5.91 Å². The van der Waals surface area contributed by atoms with E-state index >= 15 is 0 Å². The summed E-state index contributed by atoms with van der Waals surface area (Å²) in [7, 11) is 1.97. The first-order chi connectivity index (χ1) is 12.0. The summed E-state index contributed by atoms with van der Waals surface area (Å²) >= 11 is 0. The van der Waals surface area contributed by atoms with E-state index in [-0.39, 0.29) is 0 Å². The van der Waals surface area contributed by atoms with E-state index in [9.17, 15) is 4.79 Å². The fourth-order valence-corrected chi connectivity index (χ4v) is 6.09. The minimum absolute atomic E-state index is 0.511. The van der Waals surface area contributed by atoms with Gasteiger partial charge in [0.15, 0.2) is 0 Å². The number of hydrogen-bond donors (Lipinski definition) is 3. The molecule has 0 unspecified atom stereocenters. The zero-order chi connectivity index (χ0) is 17.4. The molecule has 1 aromatic rings. The van der Waals surface area contributed by atoms with Crippen molar-refractivity contribution in [2.24, 2.45) is 30.2 Å². The highest BCUT2D eigenvalue weighted by molar-refractivity contribution is 5.90. The standard InChI is InChI=1S/C20H29N3O2/c1-23-12-17(7-18(23)2-3-19(24)22-25)11-21-13-20-8-14-4-15(9-20)6-16(5-14)10-20/h2-3,7,12,14-16,21,25H,4-6,8-11,13H2,1H3,(H,22,24)/b3-2+. The molecule has 4 bridgehead atoms. The highest BCUT2D eigenvalue weighted by Crippen LogP contribution is 2.59. The summed E-state index contributed by atoms with van der Waals surface area (Å²) < 4.78 is 2.00. The van der Waals surface area contributed by atoms with Crippen molar-refractivity contribution in [2.45, 2.75) is 45.1 Å². The first-order valence-electron chi connectivity index (χ1n) is 9.53. The summed E-state index contributed by atoms with van der Waals surface area (Å²) in [5.41, 5.74) is 4.36. The van der Waals surface area contributed by atoms with Crippen LogP contribution in [0.1, 0.15) is 49.8 Å². The molecule has 1 heterocycles. The van der Waals surface area contributed by atoms with Gasteiger partial charge in [-0.15, -0.1) is 0 Å². The van der Waals surface area contributed by atoms with Crippen LogP contribution in [0.25, 0.3) is 6.08 Å². The van der Waals surface area contributed by atoms with E-state index < -0.39 is 5.91 Å². The number of amides is 1. The van der Waals surface area contributed by atoms with E-state index in [2.05, 4.69) is 17.6 Å². The molecule has 1 aromatic heterocycles. The summed E-state index contributed by atoms with van der Waals surface area (Å²) in [6.07, 6.45) is 13.9. The number of hydrogen-bond acceptors (Lipinski definition) is 3. The maximum Gasteiger partial charge on any atom is 0.267 e. The van der Waals surface area contributed by atoms with Crippen LogP contribution < -0.4 is 10.8 Å². The smallest absolute Gasteiger partial charge is 0.267 e. The Labute approximate surface area is 149 Å². The molecule has 5 nitrogen and oxygen atoms in total. The number of aromatic nitrogens is 1. The van der Waals surface area contributed by atoms with Crippen molar-refractivity contribution in [1.82, 2.24) is 15.4 Å². The Balaban J connectivity index is 1.33. The molecular formula is C20H29N3O2. The Morgan fingerprint density at radius 2 is 1.92 bits per heavy atom. The van der Waals surface area contributed by atoms with Crippen LogP contribution in [-0.2, 0) is 18.4 Å². The van der Waals surface area contributed by atoms with E-state index in [0.717, 1.165) is 36.5 Å². The van der Waals surface area contributed by atoms with Crippen molar-refractivity contribution in [3.05, 3.63) is 29.6 Å². The minimum Gasteiger partial charge on any atom is -0.351 e. The number of carbonyl (C=O) groups excluding carboxylic acids is 1. The molecule has 0 aliphatic heterocycles. The molecule has 4 aliphatic rings. The zero-order valence-corrected chi connectivity index (χ0v) is 15.0. The third-order valence-electron chi connectivity index (χ3n) is 6.61. The first kappa shape index (κ1) is 16.9. The van der Waals surface area contributed by atoms with Gasteiger partial charge >= 0.3 is 0 Å². The fourth-order valence-electron chi connectivity index (χ4n) is 6.09.